The van der Waals surface area contributed by atoms with Gasteiger partial charge in [0, 0.05) is 17.0 Å². The topological polar surface area (TPSA) is 66.9 Å². The van der Waals surface area contributed by atoms with Gasteiger partial charge in [-0.15, -0.1) is 0 Å². The van der Waals surface area contributed by atoms with E-state index in [2.05, 4.69) is 0 Å². The number of imide groups is 2. The number of urea groups is 1. The molecule has 0 bridgehead atoms. The van der Waals surface area contributed by atoms with Crippen molar-refractivity contribution >= 4 is 46.9 Å². The third-order valence-corrected chi connectivity index (χ3v) is 6.65. The lowest BCUT2D eigenvalue weighted by Crippen LogP contribution is -2.57. The van der Waals surface area contributed by atoms with Gasteiger partial charge < -0.3 is 4.74 Å². The van der Waals surface area contributed by atoms with Crippen molar-refractivity contribution in [2.75, 3.05) is 16.9 Å². The summed E-state index contributed by atoms with van der Waals surface area (Å²) in [4.78, 5) is 42.6. The Morgan fingerprint density at radius 1 is 0.795 bits per heavy atom. The highest BCUT2D eigenvalue weighted by Crippen LogP contribution is 2.34. The summed E-state index contributed by atoms with van der Waals surface area (Å²) in [6, 6.07) is 25.5. The number of rotatable bonds is 6. The molecular weight excluding hydrogens is 519 g/mol. The van der Waals surface area contributed by atoms with Crippen molar-refractivity contribution in [3.8, 4) is 5.75 Å². The summed E-state index contributed by atoms with van der Waals surface area (Å²) in [6.07, 6.45) is 1.56. The molecule has 4 aromatic rings. The van der Waals surface area contributed by atoms with Crippen molar-refractivity contribution in [3.05, 3.63) is 130 Å². The van der Waals surface area contributed by atoms with Crippen molar-refractivity contribution in [3.63, 3.8) is 0 Å². The minimum absolute atomic E-state index is 0.182. The van der Waals surface area contributed by atoms with Crippen LogP contribution < -0.4 is 14.5 Å². The van der Waals surface area contributed by atoms with Crippen LogP contribution in [0.25, 0.3) is 6.08 Å². The number of anilines is 2. The first-order valence-corrected chi connectivity index (χ1v) is 12.4. The highest BCUT2D eigenvalue weighted by Gasteiger charge is 2.43. The number of hydrogen-bond acceptors (Lipinski definition) is 4. The van der Waals surface area contributed by atoms with Crippen LogP contribution in [0.15, 0.2) is 103 Å². The van der Waals surface area contributed by atoms with Gasteiger partial charge in [0.2, 0.25) is 0 Å². The minimum atomic E-state index is -0.782. The summed E-state index contributed by atoms with van der Waals surface area (Å²) in [5.41, 5.74) is 1.81. The fourth-order valence-corrected chi connectivity index (χ4v) is 4.69. The van der Waals surface area contributed by atoms with E-state index in [-0.39, 0.29) is 22.8 Å². The van der Waals surface area contributed by atoms with Gasteiger partial charge in [0.15, 0.2) is 0 Å². The van der Waals surface area contributed by atoms with Crippen LogP contribution in [0, 0.1) is 5.82 Å². The summed E-state index contributed by atoms with van der Waals surface area (Å²) >= 11 is 6.60. The molecule has 0 aromatic heterocycles. The van der Waals surface area contributed by atoms with Crippen molar-refractivity contribution in [1.29, 1.82) is 0 Å². The van der Waals surface area contributed by atoms with Crippen LogP contribution in [0.5, 0.6) is 5.75 Å². The molecule has 0 atom stereocenters. The van der Waals surface area contributed by atoms with Crippen LogP contribution in [0.4, 0.5) is 20.6 Å². The van der Waals surface area contributed by atoms with Crippen LogP contribution >= 0.6 is 11.6 Å². The zero-order valence-corrected chi connectivity index (χ0v) is 21.6. The zero-order chi connectivity index (χ0) is 27.5. The SMILES string of the molecule is COc1cc(C=C2C(=O)N(c3ccccc3)C(=O)N(c3ccccc3)C2=O)cc(Cl)c1Cc1ccccc1F. The maximum Gasteiger partial charge on any atom is 0.343 e. The summed E-state index contributed by atoms with van der Waals surface area (Å²) in [6.45, 7) is 0. The lowest BCUT2D eigenvalue weighted by molar-refractivity contribution is -0.121. The number of amides is 4. The van der Waals surface area contributed by atoms with E-state index >= 15 is 0 Å². The Morgan fingerprint density at radius 2 is 1.33 bits per heavy atom. The molecule has 1 saturated heterocycles. The quantitative estimate of drug-likeness (QED) is 0.202. The molecule has 0 spiro atoms. The third kappa shape index (κ3) is 5.04. The van der Waals surface area contributed by atoms with E-state index in [0.717, 1.165) is 9.80 Å². The molecule has 194 valence electrons. The second-order valence-corrected chi connectivity index (χ2v) is 9.15. The number of nitrogens with zero attached hydrogens (tertiary/aromatic N) is 2. The van der Waals surface area contributed by atoms with E-state index in [1.54, 1.807) is 91.0 Å². The highest BCUT2D eigenvalue weighted by atomic mass is 35.5. The monoisotopic (exact) mass is 540 g/mol. The second-order valence-electron chi connectivity index (χ2n) is 8.74. The fourth-order valence-electron chi connectivity index (χ4n) is 4.41. The first-order chi connectivity index (χ1) is 18.9. The van der Waals surface area contributed by atoms with E-state index in [1.807, 2.05) is 0 Å². The van der Waals surface area contributed by atoms with Gasteiger partial charge in [0.1, 0.15) is 17.1 Å². The third-order valence-electron chi connectivity index (χ3n) is 6.31. The van der Waals surface area contributed by atoms with E-state index in [9.17, 15) is 18.8 Å². The highest BCUT2D eigenvalue weighted by molar-refractivity contribution is 6.46. The Morgan fingerprint density at radius 3 is 1.87 bits per heavy atom. The first-order valence-electron chi connectivity index (χ1n) is 12.0. The number of halogens is 2. The van der Waals surface area contributed by atoms with Crippen molar-refractivity contribution < 1.29 is 23.5 Å². The van der Waals surface area contributed by atoms with Gasteiger partial charge >= 0.3 is 6.03 Å². The zero-order valence-electron chi connectivity index (χ0n) is 20.8. The van der Waals surface area contributed by atoms with E-state index in [0.29, 0.717) is 33.8 Å². The Kier molecular flexibility index (Phi) is 7.25. The molecule has 1 fully saturated rings. The molecule has 0 unspecified atom stereocenters. The predicted octanol–water partition coefficient (Wildman–Crippen LogP) is 6.66. The second kappa shape index (κ2) is 10.9. The van der Waals surface area contributed by atoms with Crippen molar-refractivity contribution in [1.82, 2.24) is 0 Å². The summed E-state index contributed by atoms with van der Waals surface area (Å²) in [7, 11) is 1.46. The molecule has 8 heteroatoms. The molecule has 0 saturated carbocycles. The van der Waals surface area contributed by atoms with Gasteiger partial charge in [-0.2, -0.15) is 0 Å². The number of para-hydroxylation sites is 2. The summed E-state index contributed by atoms with van der Waals surface area (Å²) in [5.74, 6) is -1.54. The Labute approximate surface area is 229 Å². The largest absolute Gasteiger partial charge is 0.496 e. The molecule has 0 N–H and O–H groups in total. The fraction of sp³-hybridized carbons (Fsp3) is 0.0645. The standard InChI is InChI=1S/C31H22ClFN2O4/c1-39-28-18-20(17-26(32)24(28)19-21-10-8-9-15-27(21)33)16-25-29(36)34(22-11-4-2-5-12-22)31(38)35(30(25)37)23-13-6-3-7-14-23/h2-18H,19H2,1H3. The maximum absolute atomic E-state index is 14.3. The van der Waals surface area contributed by atoms with Crippen molar-refractivity contribution in [2.45, 2.75) is 6.42 Å². The van der Waals surface area contributed by atoms with Crippen LogP contribution in [0.1, 0.15) is 16.7 Å². The van der Waals surface area contributed by atoms with Crippen LogP contribution in [-0.2, 0) is 16.0 Å². The number of benzene rings is 4. The average molecular weight is 541 g/mol. The van der Waals surface area contributed by atoms with Crippen LogP contribution in [-0.4, -0.2) is 25.0 Å². The molecule has 1 aliphatic heterocycles. The van der Waals surface area contributed by atoms with E-state index in [4.69, 9.17) is 16.3 Å². The Hall–Kier alpha value is -4.75. The number of carbonyl (C=O) groups excluding carboxylic acids is 3. The van der Waals surface area contributed by atoms with Crippen molar-refractivity contribution in [2.24, 2.45) is 0 Å². The van der Waals surface area contributed by atoms with Gasteiger partial charge in [-0.05, 0) is 59.7 Å². The molecular formula is C31H22ClFN2O4. The van der Waals surface area contributed by atoms with Gasteiger partial charge in [0.05, 0.1) is 18.5 Å². The Balaban J connectivity index is 1.60. The van der Waals surface area contributed by atoms with Gasteiger partial charge in [0.25, 0.3) is 11.8 Å². The number of barbiturate groups is 1. The number of ether oxygens (including phenoxy) is 1. The molecule has 4 aromatic carbocycles. The molecule has 39 heavy (non-hydrogen) atoms. The van der Waals surface area contributed by atoms with Gasteiger partial charge in [-0.25, -0.2) is 19.0 Å². The average Bonchev–Trinajstić information content (AvgIpc) is 2.94. The van der Waals surface area contributed by atoms with Crippen LogP contribution in [0.2, 0.25) is 5.02 Å². The molecule has 1 heterocycles. The first kappa shape index (κ1) is 25.9. The van der Waals surface area contributed by atoms with E-state index in [1.165, 1.54) is 19.3 Å². The molecule has 0 radical (unpaired) electrons. The van der Waals surface area contributed by atoms with Gasteiger partial charge in [-0.1, -0.05) is 66.2 Å². The lowest BCUT2D eigenvalue weighted by Gasteiger charge is -2.34. The molecule has 5 rings (SSSR count). The number of hydrogen-bond donors (Lipinski definition) is 0. The summed E-state index contributed by atoms with van der Waals surface area (Å²) in [5, 5.41) is 0.274. The normalized spacial score (nSPS) is 13.6. The molecule has 1 aliphatic rings. The smallest absolute Gasteiger partial charge is 0.343 e. The Bertz CT molecular complexity index is 1540. The molecule has 0 aliphatic carbocycles. The maximum atomic E-state index is 14.3. The number of methoxy groups -OCH3 is 1. The lowest BCUT2D eigenvalue weighted by atomic mass is 9.99. The molecule has 6 nitrogen and oxygen atoms in total. The van der Waals surface area contributed by atoms with E-state index < -0.39 is 17.8 Å². The molecule has 4 amide bonds. The van der Waals surface area contributed by atoms with Crippen LogP contribution in [0.3, 0.4) is 0 Å². The summed E-state index contributed by atoms with van der Waals surface area (Å²) < 4.78 is 19.8. The minimum Gasteiger partial charge on any atom is -0.496 e. The van der Waals surface area contributed by atoms with Gasteiger partial charge in [-0.3, -0.25) is 9.59 Å². The number of carbonyl (C=O) groups is 3. The predicted molar refractivity (Wildman–Crippen MR) is 148 cm³/mol.